The minimum Gasteiger partial charge on any atom is -0.493 e. The van der Waals surface area contributed by atoms with Crippen LogP contribution < -0.4 is 33.8 Å². The van der Waals surface area contributed by atoms with Crippen LogP contribution in [-0.2, 0) is 9.53 Å². The molecule has 1 aliphatic rings. The molecule has 4 rings (SSSR count). The second kappa shape index (κ2) is 12.7. The van der Waals surface area contributed by atoms with Crippen LogP contribution in [-0.4, -0.2) is 44.6 Å². The van der Waals surface area contributed by atoms with Crippen LogP contribution in [0.4, 0.5) is 0 Å². The summed E-state index contributed by atoms with van der Waals surface area (Å²) in [5.41, 5.74) is 1.84. The Morgan fingerprint density at radius 1 is 1.00 bits per heavy atom. The molecule has 11 heteroatoms. The molecule has 0 aliphatic carbocycles. The van der Waals surface area contributed by atoms with Gasteiger partial charge in [0.15, 0.2) is 27.8 Å². The second-order valence-electron chi connectivity index (χ2n) is 8.60. The largest absolute Gasteiger partial charge is 0.493 e. The van der Waals surface area contributed by atoms with Crippen LogP contribution in [0.1, 0.15) is 44.9 Å². The zero-order valence-corrected chi connectivity index (χ0v) is 25.6. The quantitative estimate of drug-likeness (QED) is 0.307. The number of carbonyl (C=O) groups is 1. The summed E-state index contributed by atoms with van der Waals surface area (Å²) >= 11 is 4.88. The van der Waals surface area contributed by atoms with Crippen molar-refractivity contribution < 1.29 is 28.5 Å². The standard InChI is InChI=1S/C29H31BrN2O7S/c1-7-37-20-11-10-17(12-21(20)35-5)13-24-27(33)32-26(18-14-22(36-6)23(38-8-2)15-19(18)30)25(28(34)39-9-3)16(4)31-29(32)40-24/h10-15,26H,7-9H2,1-6H3/b24-13+/t26-/m1/s1. The van der Waals surface area contributed by atoms with Crippen molar-refractivity contribution in [2.75, 3.05) is 34.0 Å². The van der Waals surface area contributed by atoms with E-state index >= 15 is 0 Å². The lowest BCUT2D eigenvalue weighted by Crippen LogP contribution is -2.40. The Balaban J connectivity index is 1.96. The summed E-state index contributed by atoms with van der Waals surface area (Å²) in [5.74, 6) is 1.65. The fourth-order valence-electron chi connectivity index (χ4n) is 4.47. The van der Waals surface area contributed by atoms with Gasteiger partial charge in [-0.05, 0) is 69.2 Å². The van der Waals surface area contributed by atoms with E-state index in [-0.39, 0.29) is 17.7 Å². The molecular weight excluding hydrogens is 600 g/mol. The van der Waals surface area contributed by atoms with Crippen molar-refractivity contribution in [1.82, 2.24) is 4.57 Å². The molecule has 2 aromatic carbocycles. The molecule has 0 saturated carbocycles. The molecule has 212 valence electrons. The van der Waals surface area contributed by atoms with E-state index in [0.29, 0.717) is 61.3 Å². The minimum atomic E-state index is -0.814. The number of thiazole rings is 1. The number of hydrogen-bond acceptors (Lipinski definition) is 9. The van der Waals surface area contributed by atoms with Crippen LogP contribution in [0, 0.1) is 0 Å². The first-order valence-corrected chi connectivity index (χ1v) is 14.4. The van der Waals surface area contributed by atoms with Crippen molar-refractivity contribution in [3.63, 3.8) is 0 Å². The Kier molecular flexibility index (Phi) is 9.36. The number of halogens is 1. The molecule has 9 nitrogen and oxygen atoms in total. The average Bonchev–Trinajstić information content (AvgIpc) is 3.23. The van der Waals surface area contributed by atoms with Crippen molar-refractivity contribution in [3.05, 3.63) is 76.9 Å². The van der Waals surface area contributed by atoms with E-state index in [0.717, 1.165) is 5.56 Å². The van der Waals surface area contributed by atoms with Gasteiger partial charge in [-0.15, -0.1) is 0 Å². The van der Waals surface area contributed by atoms with E-state index in [1.165, 1.54) is 15.9 Å². The van der Waals surface area contributed by atoms with Gasteiger partial charge >= 0.3 is 5.97 Å². The van der Waals surface area contributed by atoms with E-state index in [4.69, 9.17) is 23.7 Å². The van der Waals surface area contributed by atoms with E-state index in [1.807, 2.05) is 26.0 Å². The maximum Gasteiger partial charge on any atom is 0.338 e. The summed E-state index contributed by atoms with van der Waals surface area (Å²) in [5, 5.41) is 0. The predicted molar refractivity (Wildman–Crippen MR) is 156 cm³/mol. The molecule has 0 amide bonds. The fourth-order valence-corrected chi connectivity index (χ4v) is 6.06. The third-order valence-electron chi connectivity index (χ3n) is 6.18. The third-order valence-corrected chi connectivity index (χ3v) is 7.85. The van der Waals surface area contributed by atoms with Gasteiger partial charge in [0.2, 0.25) is 0 Å². The number of nitrogens with zero attached hydrogens (tertiary/aromatic N) is 2. The summed E-state index contributed by atoms with van der Waals surface area (Å²) in [6.45, 7) is 8.38. The number of methoxy groups -OCH3 is 2. The van der Waals surface area contributed by atoms with Gasteiger partial charge in [0.1, 0.15) is 0 Å². The first-order chi connectivity index (χ1) is 19.3. The number of carbonyl (C=O) groups excluding carboxylic acids is 1. The summed E-state index contributed by atoms with van der Waals surface area (Å²) in [4.78, 5) is 32.3. The van der Waals surface area contributed by atoms with Gasteiger partial charge in [-0.2, -0.15) is 0 Å². The Bertz CT molecular complexity index is 1640. The molecule has 1 atom stereocenters. The first kappa shape index (κ1) is 29.4. The molecule has 0 saturated heterocycles. The van der Waals surface area contributed by atoms with E-state index in [2.05, 4.69) is 20.9 Å². The van der Waals surface area contributed by atoms with Crippen LogP contribution in [0.25, 0.3) is 6.08 Å². The van der Waals surface area contributed by atoms with Crippen LogP contribution in [0.3, 0.4) is 0 Å². The average molecular weight is 632 g/mol. The Labute approximate surface area is 244 Å². The molecule has 0 bridgehead atoms. The number of hydrogen-bond donors (Lipinski definition) is 0. The van der Waals surface area contributed by atoms with Crippen molar-refractivity contribution >= 4 is 39.3 Å². The number of ether oxygens (including phenoxy) is 5. The summed E-state index contributed by atoms with van der Waals surface area (Å²) in [7, 11) is 3.11. The Hall–Kier alpha value is -3.57. The lowest BCUT2D eigenvalue weighted by Gasteiger charge is -2.26. The van der Waals surface area contributed by atoms with Crippen molar-refractivity contribution in [3.8, 4) is 23.0 Å². The number of fused-ring (bicyclic) bond motifs is 1. The van der Waals surface area contributed by atoms with E-state index in [9.17, 15) is 9.59 Å². The third kappa shape index (κ3) is 5.66. The summed E-state index contributed by atoms with van der Waals surface area (Å²) in [6, 6.07) is 8.20. The molecule has 0 spiro atoms. The molecule has 1 aromatic heterocycles. The van der Waals surface area contributed by atoms with Crippen molar-refractivity contribution in [2.45, 2.75) is 33.7 Å². The van der Waals surface area contributed by atoms with E-state index in [1.54, 1.807) is 52.3 Å². The Morgan fingerprint density at radius 3 is 2.33 bits per heavy atom. The number of esters is 1. The summed E-state index contributed by atoms with van der Waals surface area (Å²) < 4.78 is 30.4. The van der Waals surface area contributed by atoms with Gasteiger partial charge in [0.05, 0.1) is 55.9 Å². The topological polar surface area (TPSA) is 97.6 Å². The molecule has 1 aliphatic heterocycles. The highest BCUT2D eigenvalue weighted by molar-refractivity contribution is 9.10. The van der Waals surface area contributed by atoms with Gasteiger partial charge < -0.3 is 23.7 Å². The normalized spacial score (nSPS) is 14.9. The maximum atomic E-state index is 14.0. The molecule has 2 heterocycles. The van der Waals surface area contributed by atoms with Crippen molar-refractivity contribution in [2.24, 2.45) is 4.99 Å². The molecule has 0 N–H and O–H groups in total. The zero-order valence-electron chi connectivity index (χ0n) is 23.2. The zero-order chi connectivity index (χ0) is 29.0. The highest BCUT2D eigenvalue weighted by atomic mass is 79.9. The fraction of sp³-hybridized carbons (Fsp3) is 0.345. The predicted octanol–water partition coefficient (Wildman–Crippen LogP) is 4.38. The van der Waals surface area contributed by atoms with Gasteiger partial charge in [-0.25, -0.2) is 9.79 Å². The number of benzene rings is 2. The van der Waals surface area contributed by atoms with Gasteiger partial charge in [0.25, 0.3) is 5.56 Å². The maximum absolute atomic E-state index is 14.0. The van der Waals surface area contributed by atoms with Crippen LogP contribution in [0.5, 0.6) is 23.0 Å². The molecule has 0 unspecified atom stereocenters. The Morgan fingerprint density at radius 2 is 1.68 bits per heavy atom. The number of aromatic nitrogens is 1. The van der Waals surface area contributed by atoms with Gasteiger partial charge in [0, 0.05) is 4.47 Å². The molecule has 0 fully saturated rings. The summed E-state index contributed by atoms with van der Waals surface area (Å²) in [6.07, 6.45) is 1.77. The van der Waals surface area contributed by atoms with E-state index < -0.39 is 12.0 Å². The highest BCUT2D eigenvalue weighted by Gasteiger charge is 2.35. The molecule has 0 radical (unpaired) electrons. The first-order valence-electron chi connectivity index (χ1n) is 12.8. The SMILES string of the molecule is CCOC(=O)C1=C(C)N=c2s/c(=C/c3ccc(OCC)c(OC)c3)c(=O)n2[C@@H]1c1cc(OC)c(OCC)cc1Br. The molecule has 40 heavy (non-hydrogen) atoms. The van der Waals surface area contributed by atoms with Crippen molar-refractivity contribution in [1.29, 1.82) is 0 Å². The van der Waals surface area contributed by atoms with Crippen LogP contribution in [0.15, 0.2) is 55.9 Å². The smallest absolute Gasteiger partial charge is 0.338 e. The molecule has 3 aromatic rings. The highest BCUT2D eigenvalue weighted by Crippen LogP contribution is 2.41. The number of allylic oxidation sites excluding steroid dienone is 1. The van der Waals surface area contributed by atoms with Gasteiger partial charge in [-0.1, -0.05) is 33.3 Å². The second-order valence-corrected chi connectivity index (χ2v) is 10.5. The monoisotopic (exact) mass is 630 g/mol. The number of rotatable bonds is 10. The lowest BCUT2D eigenvalue weighted by atomic mass is 9.95. The van der Waals surface area contributed by atoms with Crippen LogP contribution in [0.2, 0.25) is 0 Å². The molecular formula is C29H31BrN2O7S. The van der Waals surface area contributed by atoms with Gasteiger partial charge in [-0.3, -0.25) is 9.36 Å². The minimum absolute atomic E-state index is 0.181. The van der Waals surface area contributed by atoms with Crippen LogP contribution >= 0.6 is 27.3 Å². The lowest BCUT2D eigenvalue weighted by molar-refractivity contribution is -0.139.